The van der Waals surface area contributed by atoms with Crippen LogP contribution in [0.15, 0.2) is 79.1 Å². The lowest BCUT2D eigenvalue weighted by atomic mass is 9.96. The number of pyridine rings is 1. The minimum absolute atomic E-state index is 0.0933. The normalized spacial score (nSPS) is 10.8. The number of halogens is 1. The zero-order chi connectivity index (χ0) is 20.2. The van der Waals surface area contributed by atoms with Gasteiger partial charge in [0.25, 0.3) is 0 Å². The molecular formula is C24H20FN3O. The van der Waals surface area contributed by atoms with Crippen molar-refractivity contribution in [1.29, 1.82) is 0 Å². The second kappa shape index (κ2) is 8.19. The summed E-state index contributed by atoms with van der Waals surface area (Å²) in [6.07, 6.45) is 4.39. The smallest absolute Gasteiger partial charge is 0.163 e. The minimum atomic E-state index is -0.288. The maximum Gasteiger partial charge on any atom is 0.163 e. The molecule has 0 aliphatic heterocycles. The molecule has 0 saturated carbocycles. The maximum absolute atomic E-state index is 13.4. The van der Waals surface area contributed by atoms with Gasteiger partial charge in [-0.1, -0.05) is 30.3 Å². The van der Waals surface area contributed by atoms with E-state index in [4.69, 9.17) is 5.10 Å². The number of rotatable bonds is 6. The highest BCUT2D eigenvalue weighted by Crippen LogP contribution is 2.35. The van der Waals surface area contributed by atoms with E-state index in [9.17, 15) is 9.18 Å². The maximum atomic E-state index is 13.4. The van der Waals surface area contributed by atoms with E-state index in [1.54, 1.807) is 24.5 Å². The molecule has 0 unspecified atom stereocenters. The van der Waals surface area contributed by atoms with Crippen LogP contribution in [0.3, 0.4) is 0 Å². The Kier molecular flexibility index (Phi) is 5.29. The second-order valence-electron chi connectivity index (χ2n) is 6.83. The fraction of sp³-hybridized carbons (Fsp3) is 0.125. The largest absolute Gasteiger partial charge is 0.294 e. The first-order valence-corrected chi connectivity index (χ1v) is 9.44. The van der Waals surface area contributed by atoms with E-state index in [0.29, 0.717) is 18.4 Å². The summed E-state index contributed by atoms with van der Waals surface area (Å²) in [4.78, 5) is 16.7. The SMILES string of the molecule is Cn1nc(-c2ccc(F)cc2)c(-c2ccncc2)c1CCC(=O)c1ccccc1. The van der Waals surface area contributed by atoms with E-state index >= 15 is 0 Å². The van der Waals surface area contributed by atoms with E-state index in [0.717, 1.165) is 28.1 Å². The lowest BCUT2D eigenvalue weighted by Crippen LogP contribution is -2.05. The molecule has 0 saturated heterocycles. The number of carbonyl (C=O) groups excluding carboxylic acids is 1. The highest BCUT2D eigenvalue weighted by atomic mass is 19.1. The highest BCUT2D eigenvalue weighted by molar-refractivity contribution is 5.96. The molecule has 2 heterocycles. The van der Waals surface area contributed by atoms with Crippen LogP contribution in [-0.2, 0) is 13.5 Å². The Balaban J connectivity index is 1.73. The molecule has 4 rings (SSSR count). The molecule has 0 N–H and O–H groups in total. The number of aryl methyl sites for hydroxylation is 1. The van der Waals surface area contributed by atoms with Crippen molar-refractivity contribution in [2.45, 2.75) is 12.8 Å². The van der Waals surface area contributed by atoms with E-state index < -0.39 is 0 Å². The Bertz CT molecular complexity index is 1120. The van der Waals surface area contributed by atoms with E-state index in [-0.39, 0.29) is 11.6 Å². The number of hydrogen-bond donors (Lipinski definition) is 0. The van der Waals surface area contributed by atoms with Gasteiger partial charge >= 0.3 is 0 Å². The molecule has 0 amide bonds. The Morgan fingerprint density at radius 1 is 0.931 bits per heavy atom. The molecular weight excluding hydrogens is 365 g/mol. The van der Waals surface area contributed by atoms with Gasteiger partial charge in [0.1, 0.15) is 11.5 Å². The molecule has 29 heavy (non-hydrogen) atoms. The average Bonchev–Trinajstić information content (AvgIpc) is 3.10. The summed E-state index contributed by atoms with van der Waals surface area (Å²) in [5.74, 6) is -0.195. The Labute approximate surface area is 168 Å². The van der Waals surface area contributed by atoms with Gasteiger partial charge in [0.15, 0.2) is 5.78 Å². The third-order valence-electron chi connectivity index (χ3n) is 4.94. The van der Waals surface area contributed by atoms with Crippen LogP contribution in [-0.4, -0.2) is 20.5 Å². The van der Waals surface area contributed by atoms with Gasteiger partial charge in [-0.05, 0) is 48.4 Å². The molecule has 0 spiro atoms. The van der Waals surface area contributed by atoms with Gasteiger partial charge in [0, 0.05) is 48.2 Å². The number of hydrogen-bond acceptors (Lipinski definition) is 3. The first kappa shape index (κ1) is 18.7. The van der Waals surface area contributed by atoms with Crippen molar-refractivity contribution in [2.75, 3.05) is 0 Å². The van der Waals surface area contributed by atoms with Crippen LogP contribution in [0.25, 0.3) is 22.4 Å². The van der Waals surface area contributed by atoms with Crippen molar-refractivity contribution in [3.8, 4) is 22.4 Å². The van der Waals surface area contributed by atoms with Crippen molar-refractivity contribution in [3.05, 3.63) is 96.2 Å². The van der Waals surface area contributed by atoms with Crippen LogP contribution in [0, 0.1) is 5.82 Å². The minimum Gasteiger partial charge on any atom is -0.294 e. The molecule has 0 aliphatic rings. The predicted octanol–water partition coefficient (Wildman–Crippen LogP) is 5.10. The standard InChI is InChI=1S/C24H20FN3O/c1-28-21(11-12-22(29)17-5-3-2-4-6-17)23(18-13-15-26-16-14-18)24(27-28)19-7-9-20(25)10-8-19/h2-10,13-16H,11-12H2,1H3. The summed E-state index contributed by atoms with van der Waals surface area (Å²) in [7, 11) is 1.88. The molecule has 4 nitrogen and oxygen atoms in total. The molecule has 0 aliphatic carbocycles. The highest BCUT2D eigenvalue weighted by Gasteiger charge is 2.20. The number of nitrogens with zero attached hydrogens (tertiary/aromatic N) is 3. The van der Waals surface area contributed by atoms with Gasteiger partial charge in [0.05, 0.1) is 0 Å². The Hall–Kier alpha value is -3.60. The van der Waals surface area contributed by atoms with Crippen molar-refractivity contribution < 1.29 is 9.18 Å². The van der Waals surface area contributed by atoms with Crippen LogP contribution >= 0.6 is 0 Å². The molecule has 144 valence electrons. The average molecular weight is 385 g/mol. The Morgan fingerprint density at radius 3 is 2.31 bits per heavy atom. The first-order valence-electron chi connectivity index (χ1n) is 9.44. The van der Waals surface area contributed by atoms with Gasteiger partial charge < -0.3 is 0 Å². The summed E-state index contributed by atoms with van der Waals surface area (Å²) in [6.45, 7) is 0. The van der Waals surface area contributed by atoms with E-state index in [1.165, 1.54) is 12.1 Å². The molecule has 2 aromatic carbocycles. The fourth-order valence-corrected chi connectivity index (χ4v) is 3.48. The zero-order valence-electron chi connectivity index (χ0n) is 16.0. The molecule has 5 heteroatoms. The van der Waals surface area contributed by atoms with Gasteiger partial charge in [-0.15, -0.1) is 0 Å². The zero-order valence-corrected chi connectivity index (χ0v) is 16.0. The third-order valence-corrected chi connectivity index (χ3v) is 4.94. The van der Waals surface area contributed by atoms with Crippen LogP contribution in [0.1, 0.15) is 22.5 Å². The van der Waals surface area contributed by atoms with Crippen molar-refractivity contribution in [1.82, 2.24) is 14.8 Å². The number of benzene rings is 2. The van der Waals surface area contributed by atoms with Crippen LogP contribution in [0.5, 0.6) is 0 Å². The summed E-state index contributed by atoms with van der Waals surface area (Å²) in [6, 6.07) is 19.4. The quantitative estimate of drug-likeness (QED) is 0.434. The predicted molar refractivity (Wildman–Crippen MR) is 111 cm³/mol. The molecule has 4 aromatic rings. The number of carbonyl (C=O) groups is 1. The van der Waals surface area contributed by atoms with E-state index in [2.05, 4.69) is 4.98 Å². The van der Waals surface area contributed by atoms with Crippen LogP contribution in [0.4, 0.5) is 4.39 Å². The van der Waals surface area contributed by atoms with Crippen LogP contribution < -0.4 is 0 Å². The summed E-state index contributed by atoms with van der Waals surface area (Å²) >= 11 is 0. The van der Waals surface area contributed by atoms with Crippen LogP contribution in [0.2, 0.25) is 0 Å². The molecule has 0 fully saturated rings. The Morgan fingerprint density at radius 2 is 1.62 bits per heavy atom. The lowest BCUT2D eigenvalue weighted by Gasteiger charge is -2.08. The van der Waals surface area contributed by atoms with E-state index in [1.807, 2.05) is 54.2 Å². The molecule has 0 atom stereocenters. The van der Waals surface area contributed by atoms with Gasteiger partial charge in [-0.3, -0.25) is 14.5 Å². The first-order chi connectivity index (χ1) is 14.1. The third kappa shape index (κ3) is 3.99. The second-order valence-corrected chi connectivity index (χ2v) is 6.83. The number of aromatic nitrogens is 3. The number of Topliss-reactive ketones (excluding diaryl/α,β-unsaturated/α-hetero) is 1. The van der Waals surface area contributed by atoms with Gasteiger partial charge in [0.2, 0.25) is 0 Å². The molecule has 0 radical (unpaired) electrons. The summed E-state index contributed by atoms with van der Waals surface area (Å²) in [5.41, 5.74) is 5.17. The monoisotopic (exact) mass is 385 g/mol. The summed E-state index contributed by atoms with van der Waals surface area (Å²) in [5, 5.41) is 4.70. The molecule has 0 bridgehead atoms. The topological polar surface area (TPSA) is 47.8 Å². The van der Waals surface area contributed by atoms with Crippen molar-refractivity contribution in [3.63, 3.8) is 0 Å². The molecule has 2 aromatic heterocycles. The van der Waals surface area contributed by atoms with Crippen molar-refractivity contribution >= 4 is 5.78 Å². The number of ketones is 1. The van der Waals surface area contributed by atoms with Gasteiger partial charge in [-0.2, -0.15) is 5.10 Å². The fourth-order valence-electron chi connectivity index (χ4n) is 3.48. The van der Waals surface area contributed by atoms with Gasteiger partial charge in [-0.25, -0.2) is 4.39 Å². The summed E-state index contributed by atoms with van der Waals surface area (Å²) < 4.78 is 15.2. The van der Waals surface area contributed by atoms with Crippen molar-refractivity contribution in [2.24, 2.45) is 7.05 Å². The lowest BCUT2D eigenvalue weighted by molar-refractivity contribution is 0.0982.